The first-order valence-corrected chi connectivity index (χ1v) is 4.86. The van der Waals surface area contributed by atoms with Crippen LogP contribution < -0.4 is 0 Å². The van der Waals surface area contributed by atoms with Gasteiger partial charge >= 0.3 is 0 Å². The van der Waals surface area contributed by atoms with Gasteiger partial charge in [-0.1, -0.05) is 12.3 Å². The van der Waals surface area contributed by atoms with Gasteiger partial charge in [-0.3, -0.25) is 4.79 Å². The van der Waals surface area contributed by atoms with Crippen molar-refractivity contribution in [2.45, 2.75) is 39.2 Å². The Morgan fingerprint density at radius 1 is 1.54 bits per heavy atom. The average molecular weight is 179 g/mol. The molecular weight excluding hydrogens is 162 g/mol. The first kappa shape index (κ1) is 10.1. The second-order valence-electron chi connectivity index (χ2n) is 3.72. The number of nitrogens with zero attached hydrogens (tertiary/aromatic N) is 1. The Bertz CT molecular complexity index is 245. The number of hydrogen-bond acceptors (Lipinski definition) is 1. The molecule has 0 aliphatic heterocycles. The molecule has 0 aromatic rings. The summed E-state index contributed by atoms with van der Waals surface area (Å²) in [5.41, 5.74) is 0. The molecule has 1 fully saturated rings. The van der Waals surface area contributed by atoms with Gasteiger partial charge in [0.2, 0.25) is 0 Å². The molecule has 1 amide bonds. The van der Waals surface area contributed by atoms with Gasteiger partial charge in [0.25, 0.3) is 5.91 Å². The molecular formula is C11H17NO. The van der Waals surface area contributed by atoms with E-state index in [0.29, 0.717) is 12.0 Å². The molecule has 2 heteroatoms. The Morgan fingerprint density at radius 2 is 2.15 bits per heavy atom. The fourth-order valence-electron chi connectivity index (χ4n) is 1.62. The molecule has 72 valence electrons. The van der Waals surface area contributed by atoms with E-state index in [-0.39, 0.29) is 5.91 Å². The molecule has 0 aromatic heterocycles. The fourth-order valence-corrected chi connectivity index (χ4v) is 1.62. The number of hydrogen-bond donors (Lipinski definition) is 0. The van der Waals surface area contributed by atoms with Crippen LogP contribution in [0.5, 0.6) is 0 Å². The lowest BCUT2D eigenvalue weighted by Gasteiger charge is -2.36. The van der Waals surface area contributed by atoms with Crippen LogP contribution in [-0.2, 0) is 4.79 Å². The monoisotopic (exact) mass is 179 g/mol. The molecule has 1 atom stereocenters. The van der Waals surface area contributed by atoms with Crippen molar-refractivity contribution in [1.29, 1.82) is 0 Å². The quantitative estimate of drug-likeness (QED) is 0.590. The maximum absolute atomic E-state index is 11.4. The molecule has 0 N–H and O–H groups in total. The van der Waals surface area contributed by atoms with E-state index in [2.05, 4.69) is 18.8 Å². The van der Waals surface area contributed by atoms with Gasteiger partial charge in [-0.05, 0) is 38.5 Å². The number of carbonyl (C=O) groups is 1. The molecule has 13 heavy (non-hydrogen) atoms. The number of carbonyl (C=O) groups excluding carboxylic acids is 1. The molecule has 1 aliphatic rings. The molecule has 0 aromatic carbocycles. The molecule has 1 unspecified atom stereocenters. The van der Waals surface area contributed by atoms with Crippen molar-refractivity contribution in [2.24, 2.45) is 5.92 Å². The van der Waals surface area contributed by atoms with Gasteiger partial charge in [0.15, 0.2) is 0 Å². The summed E-state index contributed by atoms with van der Waals surface area (Å²) < 4.78 is 0. The summed E-state index contributed by atoms with van der Waals surface area (Å²) >= 11 is 0. The number of amides is 1. The summed E-state index contributed by atoms with van der Waals surface area (Å²) in [6, 6.07) is 0.349. The molecule has 0 bridgehead atoms. The highest BCUT2D eigenvalue weighted by molar-refractivity contribution is 5.93. The van der Waals surface area contributed by atoms with E-state index in [1.165, 1.54) is 19.3 Å². The van der Waals surface area contributed by atoms with Crippen molar-refractivity contribution < 1.29 is 4.79 Å². The van der Waals surface area contributed by atoms with Crippen molar-refractivity contribution >= 4 is 5.91 Å². The van der Waals surface area contributed by atoms with Gasteiger partial charge in [-0.2, -0.15) is 0 Å². The van der Waals surface area contributed by atoms with Crippen LogP contribution in [0.2, 0.25) is 0 Å². The van der Waals surface area contributed by atoms with E-state index < -0.39 is 0 Å². The molecule has 0 heterocycles. The van der Waals surface area contributed by atoms with Crippen LogP contribution in [0.4, 0.5) is 0 Å². The summed E-state index contributed by atoms with van der Waals surface area (Å²) in [7, 11) is 1.84. The van der Waals surface area contributed by atoms with E-state index >= 15 is 0 Å². The molecule has 0 saturated heterocycles. The highest BCUT2D eigenvalue weighted by Crippen LogP contribution is 2.31. The van der Waals surface area contributed by atoms with E-state index in [0.717, 1.165) is 0 Å². The summed E-state index contributed by atoms with van der Waals surface area (Å²) in [6.07, 6.45) is 3.84. The molecule has 0 radical (unpaired) electrons. The van der Waals surface area contributed by atoms with Crippen LogP contribution in [0.25, 0.3) is 0 Å². The first-order valence-electron chi connectivity index (χ1n) is 4.86. The molecule has 1 saturated carbocycles. The van der Waals surface area contributed by atoms with Crippen molar-refractivity contribution in [1.82, 2.24) is 4.90 Å². The van der Waals surface area contributed by atoms with Crippen molar-refractivity contribution in [3.8, 4) is 11.8 Å². The van der Waals surface area contributed by atoms with E-state index in [1.54, 1.807) is 11.8 Å². The fraction of sp³-hybridized carbons (Fsp3) is 0.727. The van der Waals surface area contributed by atoms with Crippen LogP contribution >= 0.6 is 0 Å². The predicted octanol–water partition coefficient (Wildman–Crippen LogP) is 1.66. The third-order valence-electron chi connectivity index (χ3n) is 3.00. The van der Waals surface area contributed by atoms with Crippen LogP contribution in [-0.4, -0.2) is 23.9 Å². The summed E-state index contributed by atoms with van der Waals surface area (Å²) in [5, 5.41) is 0. The summed E-state index contributed by atoms with van der Waals surface area (Å²) in [6.45, 7) is 3.80. The van der Waals surface area contributed by atoms with Gasteiger partial charge in [-0.25, -0.2) is 0 Å². The van der Waals surface area contributed by atoms with Gasteiger partial charge < -0.3 is 4.90 Å². The minimum Gasteiger partial charge on any atom is -0.332 e. The SMILES string of the molecule is CC#CC(=O)N(C)C(C)C1CCC1. The van der Waals surface area contributed by atoms with Crippen molar-refractivity contribution in [2.75, 3.05) is 7.05 Å². The lowest BCUT2D eigenvalue weighted by Crippen LogP contribution is -2.41. The highest BCUT2D eigenvalue weighted by Gasteiger charge is 2.28. The maximum atomic E-state index is 11.4. The van der Waals surface area contributed by atoms with Crippen LogP contribution in [0.1, 0.15) is 33.1 Å². The Labute approximate surface area is 80.3 Å². The second-order valence-corrected chi connectivity index (χ2v) is 3.72. The van der Waals surface area contributed by atoms with Crippen molar-refractivity contribution in [3.05, 3.63) is 0 Å². The first-order chi connectivity index (χ1) is 6.16. The van der Waals surface area contributed by atoms with Crippen LogP contribution in [0.15, 0.2) is 0 Å². The van der Waals surface area contributed by atoms with Gasteiger partial charge in [0.1, 0.15) is 0 Å². The van der Waals surface area contributed by atoms with E-state index in [4.69, 9.17) is 0 Å². The topological polar surface area (TPSA) is 20.3 Å². The standard InChI is InChI=1S/C11H17NO/c1-4-6-11(13)12(3)9(2)10-7-5-8-10/h9-10H,5,7-8H2,1-3H3. The summed E-state index contributed by atoms with van der Waals surface area (Å²) in [4.78, 5) is 13.1. The lowest BCUT2D eigenvalue weighted by atomic mass is 9.80. The normalized spacial score (nSPS) is 18.1. The Hall–Kier alpha value is -0.970. The van der Waals surface area contributed by atoms with Crippen LogP contribution in [0, 0.1) is 17.8 Å². The molecule has 0 spiro atoms. The zero-order chi connectivity index (χ0) is 9.84. The molecule has 1 aliphatic carbocycles. The Balaban J connectivity index is 2.48. The third-order valence-corrected chi connectivity index (χ3v) is 3.00. The second kappa shape index (κ2) is 4.32. The molecule has 1 rings (SSSR count). The Morgan fingerprint density at radius 3 is 2.54 bits per heavy atom. The minimum atomic E-state index is -0.0538. The number of rotatable bonds is 2. The van der Waals surface area contributed by atoms with Gasteiger partial charge in [0, 0.05) is 13.1 Å². The highest BCUT2D eigenvalue weighted by atomic mass is 16.2. The predicted molar refractivity (Wildman–Crippen MR) is 53.0 cm³/mol. The average Bonchev–Trinajstić information content (AvgIpc) is 2.00. The van der Waals surface area contributed by atoms with Gasteiger partial charge in [0.05, 0.1) is 0 Å². The zero-order valence-electron chi connectivity index (χ0n) is 8.63. The largest absolute Gasteiger partial charge is 0.332 e. The third kappa shape index (κ3) is 2.24. The van der Waals surface area contributed by atoms with Crippen molar-refractivity contribution in [3.63, 3.8) is 0 Å². The van der Waals surface area contributed by atoms with Gasteiger partial charge in [-0.15, -0.1) is 0 Å². The minimum absolute atomic E-state index is 0.0538. The lowest BCUT2D eigenvalue weighted by molar-refractivity contribution is -0.127. The maximum Gasteiger partial charge on any atom is 0.298 e. The zero-order valence-corrected chi connectivity index (χ0v) is 8.63. The summed E-state index contributed by atoms with van der Waals surface area (Å²) in [5.74, 6) is 5.85. The van der Waals surface area contributed by atoms with E-state index in [1.807, 2.05) is 7.05 Å². The molecule has 2 nitrogen and oxygen atoms in total. The Kier molecular flexibility index (Phi) is 3.36. The smallest absolute Gasteiger partial charge is 0.298 e. The van der Waals surface area contributed by atoms with Crippen LogP contribution in [0.3, 0.4) is 0 Å². The van der Waals surface area contributed by atoms with E-state index in [9.17, 15) is 4.79 Å².